The van der Waals surface area contributed by atoms with Crippen LogP contribution in [-0.2, 0) is 4.79 Å². The molecule has 1 heterocycles. The van der Waals surface area contributed by atoms with Crippen molar-refractivity contribution >= 4 is 5.78 Å². The first-order valence-electron chi connectivity index (χ1n) is 5.88. The smallest absolute Gasteiger partial charge is 0.179 e. The lowest BCUT2D eigenvalue weighted by Crippen LogP contribution is -2.50. The third-order valence-electron chi connectivity index (χ3n) is 5.23. The Hall–Kier alpha value is -1.14. The van der Waals surface area contributed by atoms with Crippen LogP contribution in [0.4, 0.5) is 0 Å². The topological polar surface area (TPSA) is 52.9 Å². The maximum Gasteiger partial charge on any atom is 0.179 e. The van der Waals surface area contributed by atoms with Crippen molar-refractivity contribution < 1.29 is 4.79 Å². The lowest BCUT2D eigenvalue weighted by molar-refractivity contribution is -0.123. The van der Waals surface area contributed by atoms with Gasteiger partial charge in [0.25, 0.3) is 0 Å². The first-order chi connectivity index (χ1) is 7.49. The molecule has 3 nitrogen and oxygen atoms in total. The van der Waals surface area contributed by atoms with E-state index in [-0.39, 0.29) is 22.0 Å². The van der Waals surface area contributed by atoms with Gasteiger partial charge in [0, 0.05) is 17.4 Å². The zero-order valence-corrected chi connectivity index (χ0v) is 9.76. The van der Waals surface area contributed by atoms with Crippen molar-refractivity contribution in [2.24, 2.45) is 16.2 Å². The molecular formula is C13H16N2O. The summed E-state index contributed by atoms with van der Waals surface area (Å²) in [6, 6.07) is 2.07. The molecule has 0 amide bonds. The van der Waals surface area contributed by atoms with Crippen LogP contribution in [-0.4, -0.2) is 18.9 Å². The standard InChI is InChI=1S/C13H16N2O/c1-11-5-9(6-14)10(16)12(2)7-13(11,12)3-4-15-8-11/h5,15H,3-4,7-8H2,1-2H3/t11?,12?,13-/m0/s1. The monoisotopic (exact) mass is 216 g/mol. The second-order valence-corrected chi connectivity index (χ2v) is 5.93. The third kappa shape index (κ3) is 0.824. The highest BCUT2D eigenvalue weighted by molar-refractivity contribution is 6.07. The molecule has 1 N–H and O–H groups in total. The lowest BCUT2D eigenvalue weighted by atomic mass is 9.61. The van der Waals surface area contributed by atoms with Crippen LogP contribution in [0.5, 0.6) is 0 Å². The van der Waals surface area contributed by atoms with Gasteiger partial charge in [0.05, 0.1) is 5.57 Å². The molecule has 0 radical (unpaired) electrons. The summed E-state index contributed by atoms with van der Waals surface area (Å²) in [6.07, 6.45) is 3.94. The van der Waals surface area contributed by atoms with Gasteiger partial charge in [0.2, 0.25) is 0 Å². The molecule has 3 aliphatic rings. The average Bonchev–Trinajstić information content (AvgIpc) is 2.88. The molecule has 1 saturated heterocycles. The Labute approximate surface area is 95.5 Å². The lowest BCUT2D eigenvalue weighted by Gasteiger charge is -2.45. The average molecular weight is 216 g/mol. The van der Waals surface area contributed by atoms with Gasteiger partial charge < -0.3 is 5.32 Å². The van der Waals surface area contributed by atoms with E-state index in [1.807, 2.05) is 13.0 Å². The van der Waals surface area contributed by atoms with Crippen molar-refractivity contribution in [3.05, 3.63) is 11.6 Å². The highest BCUT2D eigenvalue weighted by Gasteiger charge is 2.76. The molecule has 84 valence electrons. The maximum atomic E-state index is 12.2. The number of carbonyl (C=O) groups excluding carboxylic acids is 1. The summed E-state index contributed by atoms with van der Waals surface area (Å²) in [6.45, 7) is 6.12. The summed E-state index contributed by atoms with van der Waals surface area (Å²) in [5, 5.41) is 12.4. The predicted molar refractivity (Wildman–Crippen MR) is 59.5 cm³/mol. The minimum Gasteiger partial charge on any atom is -0.316 e. The van der Waals surface area contributed by atoms with Crippen LogP contribution in [0, 0.1) is 27.6 Å². The number of piperidine rings is 1. The number of nitrogens with zero attached hydrogens (tertiary/aromatic N) is 1. The van der Waals surface area contributed by atoms with E-state index < -0.39 is 0 Å². The largest absolute Gasteiger partial charge is 0.316 e. The second kappa shape index (κ2) is 2.57. The number of Topliss-reactive ketones (excluding diaryl/α,β-unsaturated/α-hetero) is 1. The highest BCUT2D eigenvalue weighted by Crippen LogP contribution is 2.77. The van der Waals surface area contributed by atoms with Gasteiger partial charge in [-0.25, -0.2) is 0 Å². The molecule has 1 spiro atoms. The minimum absolute atomic E-state index is 0.0149. The summed E-state index contributed by atoms with van der Waals surface area (Å²) >= 11 is 0. The molecule has 0 bridgehead atoms. The van der Waals surface area contributed by atoms with Gasteiger partial charge in [0.1, 0.15) is 6.07 Å². The molecule has 0 aromatic carbocycles. The van der Waals surface area contributed by atoms with Crippen LogP contribution >= 0.6 is 0 Å². The molecule has 2 unspecified atom stereocenters. The van der Waals surface area contributed by atoms with Crippen molar-refractivity contribution in [2.75, 3.05) is 13.1 Å². The Morgan fingerprint density at radius 1 is 1.50 bits per heavy atom. The number of nitriles is 1. The Kier molecular flexibility index (Phi) is 1.61. The summed E-state index contributed by atoms with van der Waals surface area (Å²) in [7, 11) is 0. The number of ketones is 1. The van der Waals surface area contributed by atoms with Crippen molar-refractivity contribution in [1.82, 2.24) is 5.32 Å². The third-order valence-corrected chi connectivity index (χ3v) is 5.23. The number of allylic oxidation sites excluding steroid dienone is 1. The fourth-order valence-corrected chi connectivity index (χ4v) is 4.11. The van der Waals surface area contributed by atoms with Crippen LogP contribution in [0.2, 0.25) is 0 Å². The molecule has 0 aromatic rings. The molecule has 1 saturated carbocycles. The maximum absolute atomic E-state index is 12.2. The molecular weight excluding hydrogens is 200 g/mol. The molecule has 3 atom stereocenters. The van der Waals surface area contributed by atoms with E-state index in [1.54, 1.807) is 0 Å². The molecule has 2 fully saturated rings. The van der Waals surface area contributed by atoms with Gasteiger partial charge in [-0.2, -0.15) is 5.26 Å². The molecule has 2 aliphatic carbocycles. The molecule has 1 aliphatic heterocycles. The first-order valence-corrected chi connectivity index (χ1v) is 5.88. The van der Waals surface area contributed by atoms with Crippen LogP contribution in [0.25, 0.3) is 0 Å². The first kappa shape index (κ1) is 10.0. The van der Waals surface area contributed by atoms with Crippen LogP contribution in [0.1, 0.15) is 26.7 Å². The fourth-order valence-electron chi connectivity index (χ4n) is 4.11. The Morgan fingerprint density at radius 3 is 2.94 bits per heavy atom. The molecule has 3 heteroatoms. The Bertz CT molecular complexity index is 461. The SMILES string of the molecule is CC12C=C(C#N)C(=O)C3(C)C[C@@]13CCNC2. The molecule has 3 rings (SSSR count). The van der Waals surface area contributed by atoms with Crippen molar-refractivity contribution in [2.45, 2.75) is 26.7 Å². The normalized spacial score (nSPS) is 49.8. The summed E-state index contributed by atoms with van der Waals surface area (Å²) < 4.78 is 0. The van der Waals surface area contributed by atoms with E-state index in [1.165, 1.54) is 0 Å². The number of hydrogen-bond donors (Lipinski definition) is 1. The van der Waals surface area contributed by atoms with E-state index in [9.17, 15) is 4.79 Å². The van der Waals surface area contributed by atoms with Gasteiger partial charge in [-0.3, -0.25) is 4.79 Å². The van der Waals surface area contributed by atoms with E-state index in [4.69, 9.17) is 5.26 Å². The summed E-state index contributed by atoms with van der Waals surface area (Å²) in [5.41, 5.74) is 0.229. The Morgan fingerprint density at radius 2 is 2.25 bits per heavy atom. The Balaban J connectivity index is 2.17. The zero-order chi connectivity index (χ0) is 11.6. The van der Waals surface area contributed by atoms with Gasteiger partial charge in [0.15, 0.2) is 5.78 Å². The number of hydrogen-bond acceptors (Lipinski definition) is 3. The zero-order valence-electron chi connectivity index (χ0n) is 9.76. The van der Waals surface area contributed by atoms with E-state index in [0.29, 0.717) is 5.57 Å². The van der Waals surface area contributed by atoms with Crippen molar-refractivity contribution in [1.29, 1.82) is 5.26 Å². The van der Waals surface area contributed by atoms with Gasteiger partial charge >= 0.3 is 0 Å². The fraction of sp³-hybridized carbons (Fsp3) is 0.692. The molecule has 16 heavy (non-hydrogen) atoms. The van der Waals surface area contributed by atoms with Crippen molar-refractivity contribution in [3.63, 3.8) is 0 Å². The van der Waals surface area contributed by atoms with Crippen molar-refractivity contribution in [3.8, 4) is 6.07 Å². The van der Waals surface area contributed by atoms with Gasteiger partial charge in [-0.1, -0.05) is 19.9 Å². The van der Waals surface area contributed by atoms with E-state index in [2.05, 4.69) is 18.3 Å². The minimum atomic E-state index is -0.260. The van der Waals surface area contributed by atoms with Crippen LogP contribution in [0.3, 0.4) is 0 Å². The van der Waals surface area contributed by atoms with Gasteiger partial charge in [-0.05, 0) is 24.8 Å². The predicted octanol–water partition coefficient (Wildman–Crippen LogP) is 1.42. The summed E-state index contributed by atoms with van der Waals surface area (Å²) in [4.78, 5) is 12.2. The van der Waals surface area contributed by atoms with Crippen LogP contribution < -0.4 is 5.32 Å². The van der Waals surface area contributed by atoms with Crippen LogP contribution in [0.15, 0.2) is 11.6 Å². The summed E-state index contributed by atoms with van der Waals surface area (Å²) in [5.74, 6) is 0.0781. The number of nitrogens with one attached hydrogen (secondary N) is 1. The quantitative estimate of drug-likeness (QED) is 0.666. The number of carbonyl (C=O) groups is 1. The van der Waals surface area contributed by atoms with Gasteiger partial charge in [-0.15, -0.1) is 0 Å². The van der Waals surface area contributed by atoms with E-state index in [0.717, 1.165) is 25.9 Å². The second-order valence-electron chi connectivity index (χ2n) is 5.93. The molecule has 0 aromatic heterocycles. The highest BCUT2D eigenvalue weighted by atomic mass is 16.1. The van der Waals surface area contributed by atoms with E-state index >= 15 is 0 Å². The number of rotatable bonds is 0.